The Hall–Kier alpha value is -1.40. The molecule has 1 aromatic carbocycles. The molecule has 1 fully saturated rings. The Morgan fingerprint density at radius 1 is 1.33 bits per heavy atom. The smallest absolute Gasteiger partial charge is 0.247 e. The number of nitrogens with zero attached hydrogens (tertiary/aromatic N) is 1. The van der Waals surface area contributed by atoms with Crippen LogP contribution in [0.15, 0.2) is 24.3 Å². The lowest BCUT2D eigenvalue weighted by molar-refractivity contribution is -0.121. The highest BCUT2D eigenvalue weighted by Gasteiger charge is 2.39. The van der Waals surface area contributed by atoms with E-state index in [1.54, 1.807) is 0 Å². The number of amides is 2. The molecule has 0 radical (unpaired) electrons. The summed E-state index contributed by atoms with van der Waals surface area (Å²) in [6.07, 6.45) is 0.126. The Labute approximate surface area is 108 Å². The first kappa shape index (κ1) is 13.0. The molecule has 0 spiro atoms. The Morgan fingerprint density at radius 2 is 2.00 bits per heavy atom. The summed E-state index contributed by atoms with van der Waals surface area (Å²) >= 11 is 1.26. The van der Waals surface area contributed by atoms with Crippen LogP contribution in [0.4, 0.5) is 10.1 Å². The van der Waals surface area contributed by atoms with Crippen molar-refractivity contribution in [1.29, 1.82) is 0 Å². The van der Waals surface area contributed by atoms with Gasteiger partial charge in [-0.3, -0.25) is 9.59 Å². The fraction of sp³-hybridized carbons (Fsp3) is 0.333. The molecule has 6 heteroatoms. The Balaban J connectivity index is 2.16. The van der Waals surface area contributed by atoms with E-state index in [0.29, 0.717) is 11.4 Å². The van der Waals surface area contributed by atoms with Crippen LogP contribution in [-0.4, -0.2) is 34.5 Å². The van der Waals surface area contributed by atoms with Crippen molar-refractivity contribution in [3.8, 4) is 0 Å². The summed E-state index contributed by atoms with van der Waals surface area (Å²) in [6, 6.07) is 5.24. The van der Waals surface area contributed by atoms with Gasteiger partial charge in [-0.1, -0.05) is 0 Å². The predicted molar refractivity (Wildman–Crippen MR) is 66.8 cm³/mol. The first-order valence-corrected chi connectivity index (χ1v) is 6.53. The van der Waals surface area contributed by atoms with Gasteiger partial charge in [0.05, 0.1) is 17.5 Å². The summed E-state index contributed by atoms with van der Waals surface area (Å²) in [5.41, 5.74) is 0.387. The molecule has 0 aliphatic carbocycles. The van der Waals surface area contributed by atoms with Gasteiger partial charge in [-0.2, -0.15) is 0 Å². The molecule has 96 valence electrons. The largest absolute Gasteiger partial charge is 0.396 e. The third kappa shape index (κ3) is 2.54. The van der Waals surface area contributed by atoms with Crippen molar-refractivity contribution in [3.05, 3.63) is 30.1 Å². The maximum atomic E-state index is 12.8. The molecule has 4 nitrogen and oxygen atoms in total. The third-order valence-electron chi connectivity index (χ3n) is 2.60. The molecule has 1 unspecified atom stereocenters. The van der Waals surface area contributed by atoms with Crippen LogP contribution in [0, 0.1) is 5.82 Å². The molecule has 1 aromatic rings. The molecule has 1 atom stereocenters. The summed E-state index contributed by atoms with van der Waals surface area (Å²) in [7, 11) is 0. The SMILES string of the molecule is O=C1CC(SCCO)C(=O)N1c1ccc(F)cc1. The molecule has 18 heavy (non-hydrogen) atoms. The molecule has 0 saturated carbocycles. The predicted octanol–water partition coefficient (Wildman–Crippen LogP) is 1.18. The van der Waals surface area contributed by atoms with E-state index in [1.807, 2.05) is 0 Å². The quantitative estimate of drug-likeness (QED) is 0.834. The highest BCUT2D eigenvalue weighted by molar-refractivity contribution is 8.00. The van der Waals surface area contributed by atoms with Gasteiger partial charge in [0.15, 0.2) is 0 Å². The van der Waals surface area contributed by atoms with Crippen LogP contribution in [0.5, 0.6) is 0 Å². The van der Waals surface area contributed by atoms with Gasteiger partial charge < -0.3 is 5.11 Å². The lowest BCUT2D eigenvalue weighted by atomic mass is 10.3. The first-order valence-electron chi connectivity index (χ1n) is 5.48. The Bertz CT molecular complexity index is 463. The number of hydrogen-bond acceptors (Lipinski definition) is 4. The zero-order chi connectivity index (χ0) is 13.1. The second-order valence-electron chi connectivity index (χ2n) is 3.83. The fourth-order valence-corrected chi connectivity index (χ4v) is 2.69. The number of hydrogen-bond donors (Lipinski definition) is 1. The number of benzene rings is 1. The topological polar surface area (TPSA) is 57.6 Å². The normalized spacial score (nSPS) is 19.7. The average molecular weight is 269 g/mol. The van der Waals surface area contributed by atoms with E-state index in [2.05, 4.69) is 0 Å². The van der Waals surface area contributed by atoms with Crippen molar-refractivity contribution in [2.24, 2.45) is 0 Å². The third-order valence-corrected chi connectivity index (χ3v) is 3.79. The minimum Gasteiger partial charge on any atom is -0.396 e. The average Bonchev–Trinajstić information content (AvgIpc) is 2.63. The van der Waals surface area contributed by atoms with Gasteiger partial charge in [0.25, 0.3) is 0 Å². The summed E-state index contributed by atoms with van der Waals surface area (Å²) in [5.74, 6) is -0.586. The Morgan fingerprint density at radius 3 is 2.61 bits per heavy atom. The second kappa shape index (κ2) is 5.49. The second-order valence-corrected chi connectivity index (χ2v) is 5.14. The number of aliphatic hydroxyl groups excluding tert-OH is 1. The minimum atomic E-state index is -0.449. The van der Waals surface area contributed by atoms with Crippen molar-refractivity contribution < 1.29 is 19.1 Å². The van der Waals surface area contributed by atoms with Gasteiger partial charge in [0, 0.05) is 12.2 Å². The van der Waals surface area contributed by atoms with Crippen LogP contribution in [0.2, 0.25) is 0 Å². The number of carbonyl (C=O) groups is 2. The van der Waals surface area contributed by atoms with Gasteiger partial charge in [-0.05, 0) is 24.3 Å². The van der Waals surface area contributed by atoms with Crippen LogP contribution in [0.3, 0.4) is 0 Å². The zero-order valence-electron chi connectivity index (χ0n) is 9.51. The van der Waals surface area contributed by atoms with Gasteiger partial charge in [-0.25, -0.2) is 9.29 Å². The van der Waals surface area contributed by atoms with Crippen LogP contribution in [0.25, 0.3) is 0 Å². The summed E-state index contributed by atoms with van der Waals surface area (Å²) in [5, 5.41) is 8.27. The molecule has 1 saturated heterocycles. The monoisotopic (exact) mass is 269 g/mol. The van der Waals surface area contributed by atoms with E-state index in [0.717, 1.165) is 4.90 Å². The van der Waals surface area contributed by atoms with Crippen LogP contribution in [0.1, 0.15) is 6.42 Å². The van der Waals surface area contributed by atoms with E-state index >= 15 is 0 Å². The van der Waals surface area contributed by atoms with Crippen molar-refractivity contribution in [3.63, 3.8) is 0 Å². The van der Waals surface area contributed by atoms with Crippen molar-refractivity contribution in [2.45, 2.75) is 11.7 Å². The maximum Gasteiger partial charge on any atom is 0.247 e. The lowest BCUT2D eigenvalue weighted by Crippen LogP contribution is -2.31. The minimum absolute atomic E-state index is 0.0286. The maximum absolute atomic E-state index is 12.8. The number of rotatable bonds is 4. The van der Waals surface area contributed by atoms with E-state index in [4.69, 9.17) is 5.11 Å². The standard InChI is InChI=1S/C12H12FNO3S/c13-8-1-3-9(4-2-8)14-11(16)7-10(12(14)17)18-6-5-15/h1-4,10,15H,5-7H2. The summed E-state index contributed by atoms with van der Waals surface area (Å²) < 4.78 is 12.8. The zero-order valence-corrected chi connectivity index (χ0v) is 10.3. The van der Waals surface area contributed by atoms with Gasteiger partial charge in [0.1, 0.15) is 5.82 Å². The molecule has 1 aliphatic rings. The van der Waals surface area contributed by atoms with Crippen LogP contribution < -0.4 is 4.90 Å². The van der Waals surface area contributed by atoms with Crippen molar-refractivity contribution in [2.75, 3.05) is 17.3 Å². The molecule has 1 aliphatic heterocycles. The molecule has 1 N–H and O–H groups in total. The van der Waals surface area contributed by atoms with E-state index in [1.165, 1.54) is 36.0 Å². The molecular weight excluding hydrogens is 257 g/mol. The summed E-state index contributed by atoms with van der Waals surface area (Å²) in [6.45, 7) is -0.0286. The van der Waals surface area contributed by atoms with Crippen LogP contribution in [-0.2, 0) is 9.59 Å². The van der Waals surface area contributed by atoms with E-state index < -0.39 is 11.1 Å². The summed E-state index contributed by atoms with van der Waals surface area (Å²) in [4.78, 5) is 24.9. The number of anilines is 1. The van der Waals surface area contributed by atoms with Crippen molar-refractivity contribution >= 4 is 29.3 Å². The van der Waals surface area contributed by atoms with E-state index in [-0.39, 0.29) is 24.8 Å². The van der Waals surface area contributed by atoms with Crippen LogP contribution >= 0.6 is 11.8 Å². The number of halogens is 1. The highest BCUT2D eigenvalue weighted by Crippen LogP contribution is 2.29. The fourth-order valence-electron chi connectivity index (χ4n) is 1.79. The molecule has 0 bridgehead atoms. The highest BCUT2D eigenvalue weighted by atomic mass is 32.2. The first-order chi connectivity index (χ1) is 8.63. The molecular formula is C12H12FNO3S. The lowest BCUT2D eigenvalue weighted by Gasteiger charge is -2.14. The number of carbonyl (C=O) groups excluding carboxylic acids is 2. The Kier molecular flexibility index (Phi) is 3.98. The van der Waals surface area contributed by atoms with Gasteiger partial charge in [0.2, 0.25) is 11.8 Å². The molecule has 1 heterocycles. The number of aliphatic hydroxyl groups is 1. The van der Waals surface area contributed by atoms with Gasteiger partial charge in [-0.15, -0.1) is 11.8 Å². The molecule has 2 rings (SSSR count). The van der Waals surface area contributed by atoms with E-state index in [9.17, 15) is 14.0 Å². The van der Waals surface area contributed by atoms with Crippen molar-refractivity contribution in [1.82, 2.24) is 0 Å². The number of imide groups is 1. The molecule has 2 amide bonds. The van der Waals surface area contributed by atoms with Gasteiger partial charge >= 0.3 is 0 Å². The number of thioether (sulfide) groups is 1. The molecule has 0 aromatic heterocycles.